The molecule has 2 amide bonds. The first-order valence-electron chi connectivity index (χ1n) is 7.11. The van der Waals surface area contributed by atoms with Gasteiger partial charge in [0.2, 0.25) is 5.91 Å². The normalized spacial score (nSPS) is 18.2. The maximum atomic E-state index is 11.8. The van der Waals surface area contributed by atoms with Crippen molar-refractivity contribution in [2.24, 2.45) is 0 Å². The van der Waals surface area contributed by atoms with Crippen LogP contribution in [-0.4, -0.2) is 50.7 Å². The van der Waals surface area contributed by atoms with Gasteiger partial charge in [0, 0.05) is 31.7 Å². The SMILES string of the molecule is Cc1ccoc1C(=O)NCCCNC(=O)C1CNCCO1. The van der Waals surface area contributed by atoms with E-state index in [1.807, 2.05) is 6.92 Å². The molecule has 21 heavy (non-hydrogen) atoms. The number of rotatable bonds is 6. The van der Waals surface area contributed by atoms with Crippen LogP contribution in [0.5, 0.6) is 0 Å². The van der Waals surface area contributed by atoms with Gasteiger partial charge < -0.3 is 25.1 Å². The van der Waals surface area contributed by atoms with E-state index in [0.717, 1.165) is 12.1 Å². The lowest BCUT2D eigenvalue weighted by molar-refractivity contribution is -0.134. The Hall–Kier alpha value is -1.86. The third-order valence-electron chi connectivity index (χ3n) is 3.23. The summed E-state index contributed by atoms with van der Waals surface area (Å²) >= 11 is 0. The fourth-order valence-corrected chi connectivity index (χ4v) is 2.04. The zero-order valence-electron chi connectivity index (χ0n) is 12.1. The van der Waals surface area contributed by atoms with Crippen molar-refractivity contribution in [3.63, 3.8) is 0 Å². The number of carbonyl (C=O) groups is 2. The smallest absolute Gasteiger partial charge is 0.287 e. The van der Waals surface area contributed by atoms with Gasteiger partial charge in [-0.2, -0.15) is 0 Å². The van der Waals surface area contributed by atoms with Crippen LogP contribution in [0.2, 0.25) is 0 Å². The van der Waals surface area contributed by atoms with Gasteiger partial charge in [-0.1, -0.05) is 0 Å². The average molecular weight is 295 g/mol. The molecule has 1 fully saturated rings. The van der Waals surface area contributed by atoms with Crippen LogP contribution < -0.4 is 16.0 Å². The number of furan rings is 1. The lowest BCUT2D eigenvalue weighted by atomic mass is 10.2. The lowest BCUT2D eigenvalue weighted by Gasteiger charge is -2.22. The van der Waals surface area contributed by atoms with Gasteiger partial charge in [-0.3, -0.25) is 9.59 Å². The van der Waals surface area contributed by atoms with Gasteiger partial charge >= 0.3 is 0 Å². The zero-order valence-corrected chi connectivity index (χ0v) is 12.1. The molecule has 2 heterocycles. The van der Waals surface area contributed by atoms with Gasteiger partial charge in [-0.05, 0) is 19.4 Å². The Labute approximate surface area is 123 Å². The predicted octanol–water partition coefficient (Wildman–Crippen LogP) is -0.187. The molecule has 0 radical (unpaired) electrons. The van der Waals surface area contributed by atoms with E-state index in [0.29, 0.717) is 38.4 Å². The fraction of sp³-hybridized carbons (Fsp3) is 0.571. The number of ether oxygens (including phenoxy) is 1. The van der Waals surface area contributed by atoms with Crippen LogP contribution >= 0.6 is 0 Å². The number of nitrogens with one attached hydrogen (secondary N) is 3. The molecule has 0 spiro atoms. The average Bonchev–Trinajstić information content (AvgIpc) is 2.93. The maximum absolute atomic E-state index is 11.8. The van der Waals surface area contributed by atoms with E-state index in [9.17, 15) is 9.59 Å². The second-order valence-corrected chi connectivity index (χ2v) is 4.90. The number of hydrogen-bond acceptors (Lipinski definition) is 5. The molecule has 2 rings (SSSR count). The van der Waals surface area contributed by atoms with Gasteiger partial charge in [0.15, 0.2) is 5.76 Å². The Bertz CT molecular complexity index is 480. The molecule has 7 nitrogen and oxygen atoms in total. The Kier molecular flexibility index (Phi) is 5.77. The second kappa shape index (κ2) is 7.80. The molecule has 1 saturated heterocycles. The molecule has 1 aliphatic rings. The maximum Gasteiger partial charge on any atom is 0.287 e. The van der Waals surface area contributed by atoms with Crippen LogP contribution in [-0.2, 0) is 9.53 Å². The van der Waals surface area contributed by atoms with Crippen molar-refractivity contribution in [3.05, 3.63) is 23.7 Å². The molecule has 0 saturated carbocycles. The van der Waals surface area contributed by atoms with Gasteiger partial charge in [-0.15, -0.1) is 0 Å². The van der Waals surface area contributed by atoms with Crippen molar-refractivity contribution in [1.29, 1.82) is 0 Å². The van der Waals surface area contributed by atoms with Crippen LogP contribution in [0.1, 0.15) is 22.5 Å². The highest BCUT2D eigenvalue weighted by atomic mass is 16.5. The predicted molar refractivity (Wildman–Crippen MR) is 76.0 cm³/mol. The molecule has 3 N–H and O–H groups in total. The van der Waals surface area contributed by atoms with Crippen molar-refractivity contribution < 1.29 is 18.7 Å². The summed E-state index contributed by atoms with van der Waals surface area (Å²) in [4.78, 5) is 23.5. The first-order chi connectivity index (χ1) is 10.2. The number of hydrogen-bond donors (Lipinski definition) is 3. The van der Waals surface area contributed by atoms with Crippen LogP contribution in [0.25, 0.3) is 0 Å². The monoisotopic (exact) mass is 295 g/mol. The fourth-order valence-electron chi connectivity index (χ4n) is 2.04. The summed E-state index contributed by atoms with van der Waals surface area (Å²) < 4.78 is 10.4. The van der Waals surface area contributed by atoms with Gasteiger partial charge in [0.25, 0.3) is 5.91 Å². The molecule has 116 valence electrons. The first-order valence-corrected chi connectivity index (χ1v) is 7.11. The Morgan fingerprint density at radius 1 is 1.38 bits per heavy atom. The van der Waals surface area contributed by atoms with Crippen molar-refractivity contribution in [2.75, 3.05) is 32.8 Å². The van der Waals surface area contributed by atoms with Gasteiger partial charge in [0.1, 0.15) is 6.10 Å². The third kappa shape index (κ3) is 4.57. The van der Waals surface area contributed by atoms with Crippen molar-refractivity contribution >= 4 is 11.8 Å². The summed E-state index contributed by atoms with van der Waals surface area (Å²) in [5.41, 5.74) is 0.808. The van der Waals surface area contributed by atoms with E-state index in [-0.39, 0.29) is 11.8 Å². The third-order valence-corrected chi connectivity index (χ3v) is 3.23. The quantitative estimate of drug-likeness (QED) is 0.633. The summed E-state index contributed by atoms with van der Waals surface area (Å²) in [7, 11) is 0. The standard InChI is InChI=1S/C14H21N3O4/c1-10-3-7-21-12(10)14(19)17-5-2-4-16-13(18)11-9-15-6-8-20-11/h3,7,11,15H,2,4-6,8-9H2,1H3,(H,16,18)(H,17,19). The van der Waals surface area contributed by atoms with E-state index < -0.39 is 6.10 Å². The molecule has 1 aliphatic heterocycles. The summed E-state index contributed by atoms with van der Waals surface area (Å²) in [6.45, 7) is 4.66. The molecule has 1 unspecified atom stereocenters. The lowest BCUT2D eigenvalue weighted by Crippen LogP contribution is -2.48. The van der Waals surface area contributed by atoms with Gasteiger partial charge in [0.05, 0.1) is 12.9 Å². The molecular formula is C14H21N3O4. The second-order valence-electron chi connectivity index (χ2n) is 4.90. The number of morpholine rings is 1. The van der Waals surface area contributed by atoms with Crippen LogP contribution in [0.15, 0.2) is 16.7 Å². The summed E-state index contributed by atoms with van der Waals surface area (Å²) in [6.07, 6.45) is 1.72. The summed E-state index contributed by atoms with van der Waals surface area (Å²) in [6, 6.07) is 1.74. The van der Waals surface area contributed by atoms with Crippen molar-refractivity contribution in [2.45, 2.75) is 19.4 Å². The topological polar surface area (TPSA) is 92.6 Å². The van der Waals surface area contributed by atoms with E-state index in [1.54, 1.807) is 6.07 Å². The molecule has 1 aromatic heterocycles. The number of carbonyl (C=O) groups excluding carboxylic acids is 2. The summed E-state index contributed by atoms with van der Waals surface area (Å²) in [5, 5.41) is 8.65. The van der Waals surface area contributed by atoms with Crippen LogP contribution in [0.3, 0.4) is 0 Å². The minimum absolute atomic E-state index is 0.115. The van der Waals surface area contributed by atoms with Gasteiger partial charge in [-0.25, -0.2) is 0 Å². The van der Waals surface area contributed by atoms with E-state index in [4.69, 9.17) is 9.15 Å². The Balaban J connectivity index is 1.58. The highest BCUT2D eigenvalue weighted by Gasteiger charge is 2.20. The molecular weight excluding hydrogens is 274 g/mol. The number of aryl methyl sites for hydroxylation is 1. The largest absolute Gasteiger partial charge is 0.459 e. The van der Waals surface area contributed by atoms with Crippen molar-refractivity contribution in [1.82, 2.24) is 16.0 Å². The number of amides is 2. The summed E-state index contributed by atoms with van der Waals surface area (Å²) in [5.74, 6) is -0.0141. The molecule has 1 aromatic rings. The minimum Gasteiger partial charge on any atom is -0.459 e. The highest BCUT2D eigenvalue weighted by molar-refractivity contribution is 5.92. The Morgan fingerprint density at radius 3 is 2.86 bits per heavy atom. The van der Waals surface area contributed by atoms with E-state index in [1.165, 1.54) is 6.26 Å². The minimum atomic E-state index is -0.417. The van der Waals surface area contributed by atoms with Crippen LogP contribution in [0.4, 0.5) is 0 Å². The van der Waals surface area contributed by atoms with Crippen molar-refractivity contribution in [3.8, 4) is 0 Å². The Morgan fingerprint density at radius 2 is 2.19 bits per heavy atom. The first kappa shape index (κ1) is 15.5. The molecule has 0 bridgehead atoms. The zero-order chi connectivity index (χ0) is 15.1. The van der Waals surface area contributed by atoms with E-state index >= 15 is 0 Å². The molecule has 0 aliphatic carbocycles. The van der Waals surface area contributed by atoms with E-state index in [2.05, 4.69) is 16.0 Å². The molecule has 0 aromatic carbocycles. The molecule has 7 heteroatoms. The van der Waals surface area contributed by atoms with Crippen LogP contribution in [0, 0.1) is 6.92 Å². The highest BCUT2D eigenvalue weighted by Crippen LogP contribution is 2.07. The molecule has 1 atom stereocenters.